The Morgan fingerprint density at radius 3 is 1.92 bits per heavy atom. The number of hydrogen-bond donors (Lipinski definition) is 1. The monoisotopic (exact) mass is 377 g/mol. The van der Waals surface area contributed by atoms with Crippen molar-refractivity contribution in [3.8, 4) is 0 Å². The average Bonchev–Trinajstić information content (AvgIpc) is 2.56. The van der Waals surface area contributed by atoms with Crippen molar-refractivity contribution in [3.05, 3.63) is 69.2 Å². The van der Waals surface area contributed by atoms with E-state index in [0.717, 1.165) is 5.56 Å². The first-order chi connectivity index (χ1) is 11.8. The number of amides is 1. The van der Waals surface area contributed by atoms with Gasteiger partial charge in [-0.25, -0.2) is 0 Å². The van der Waals surface area contributed by atoms with Crippen molar-refractivity contribution in [3.63, 3.8) is 0 Å². The Morgan fingerprint density at radius 2 is 1.44 bits per heavy atom. The van der Waals surface area contributed by atoms with Crippen molar-refractivity contribution in [2.45, 2.75) is 46.1 Å². The van der Waals surface area contributed by atoms with Gasteiger partial charge in [-0.2, -0.15) is 0 Å². The van der Waals surface area contributed by atoms with Crippen LogP contribution >= 0.6 is 23.2 Å². The fourth-order valence-corrected chi connectivity index (χ4v) is 3.34. The van der Waals surface area contributed by atoms with Crippen LogP contribution in [0.4, 0.5) is 0 Å². The van der Waals surface area contributed by atoms with Crippen LogP contribution < -0.4 is 5.32 Å². The van der Waals surface area contributed by atoms with E-state index in [1.165, 1.54) is 5.56 Å². The Kier molecular flexibility index (Phi) is 6.92. The lowest BCUT2D eigenvalue weighted by molar-refractivity contribution is -0.121. The smallest absolute Gasteiger partial charge is 0.225 e. The van der Waals surface area contributed by atoms with Gasteiger partial charge in [0.05, 0.1) is 12.5 Å². The van der Waals surface area contributed by atoms with Crippen LogP contribution in [0.5, 0.6) is 0 Å². The third-order valence-electron chi connectivity index (χ3n) is 4.34. The molecule has 0 saturated heterocycles. The lowest BCUT2D eigenvalue weighted by Crippen LogP contribution is -2.33. The van der Waals surface area contributed by atoms with Crippen LogP contribution in [-0.4, -0.2) is 5.91 Å². The molecule has 0 aliphatic heterocycles. The molecule has 0 radical (unpaired) electrons. The molecule has 2 nitrogen and oxygen atoms in total. The molecule has 134 valence electrons. The molecule has 0 unspecified atom stereocenters. The number of hydrogen-bond acceptors (Lipinski definition) is 1. The van der Waals surface area contributed by atoms with E-state index in [1.807, 2.05) is 0 Å². The topological polar surface area (TPSA) is 29.1 Å². The van der Waals surface area contributed by atoms with Gasteiger partial charge in [-0.15, -0.1) is 0 Å². The summed E-state index contributed by atoms with van der Waals surface area (Å²) < 4.78 is 0. The van der Waals surface area contributed by atoms with Crippen LogP contribution in [0.3, 0.4) is 0 Å². The number of carbonyl (C=O) groups is 1. The van der Waals surface area contributed by atoms with Gasteiger partial charge in [0.1, 0.15) is 0 Å². The van der Waals surface area contributed by atoms with Crippen molar-refractivity contribution in [2.75, 3.05) is 0 Å². The molecule has 0 aromatic heterocycles. The molecule has 0 bridgehead atoms. The normalized spacial score (nSPS) is 12.5. The van der Waals surface area contributed by atoms with E-state index in [0.29, 0.717) is 21.5 Å². The molecule has 25 heavy (non-hydrogen) atoms. The lowest BCUT2D eigenvalue weighted by atomic mass is 9.93. The molecule has 2 aromatic carbocycles. The Bertz CT molecular complexity index is 703. The summed E-state index contributed by atoms with van der Waals surface area (Å²) in [6.07, 6.45) is 0.172. The number of rotatable bonds is 6. The Hall–Kier alpha value is -1.51. The Morgan fingerprint density at radius 1 is 0.920 bits per heavy atom. The number of nitrogens with one attached hydrogen (secondary N) is 1. The molecule has 0 spiro atoms. The summed E-state index contributed by atoms with van der Waals surface area (Å²) in [5.41, 5.74) is 3.07. The van der Waals surface area contributed by atoms with Gasteiger partial charge in [0.2, 0.25) is 5.91 Å². The summed E-state index contributed by atoms with van der Waals surface area (Å²) in [6.45, 7) is 8.54. The van der Waals surface area contributed by atoms with Crippen LogP contribution in [0.1, 0.15) is 56.3 Å². The highest BCUT2D eigenvalue weighted by Crippen LogP contribution is 2.27. The second-order valence-corrected chi connectivity index (χ2v) is 7.80. The molecular formula is C21H25Cl2NO. The van der Waals surface area contributed by atoms with Crippen LogP contribution in [0.25, 0.3) is 0 Å². The molecule has 0 heterocycles. The van der Waals surface area contributed by atoms with Crippen molar-refractivity contribution < 1.29 is 4.79 Å². The molecule has 1 N–H and O–H groups in total. The van der Waals surface area contributed by atoms with Crippen LogP contribution in [0, 0.1) is 5.92 Å². The SMILES string of the molecule is CC(C)c1ccc([C@@H](NC(=O)Cc2c(Cl)cccc2Cl)C(C)C)cc1. The quantitative estimate of drug-likeness (QED) is 0.640. The second kappa shape index (κ2) is 8.73. The lowest BCUT2D eigenvalue weighted by Gasteiger charge is -2.24. The largest absolute Gasteiger partial charge is 0.349 e. The number of carbonyl (C=O) groups excluding carboxylic acids is 1. The molecule has 0 fully saturated rings. The van der Waals surface area contributed by atoms with E-state index in [9.17, 15) is 4.79 Å². The van der Waals surface area contributed by atoms with E-state index in [4.69, 9.17) is 23.2 Å². The highest BCUT2D eigenvalue weighted by Gasteiger charge is 2.20. The van der Waals surface area contributed by atoms with E-state index < -0.39 is 0 Å². The predicted molar refractivity (Wildman–Crippen MR) is 106 cm³/mol. The summed E-state index contributed by atoms with van der Waals surface area (Å²) in [5.74, 6) is 0.681. The van der Waals surface area contributed by atoms with Gasteiger partial charge in [0, 0.05) is 10.0 Å². The summed E-state index contributed by atoms with van der Waals surface area (Å²) in [7, 11) is 0. The summed E-state index contributed by atoms with van der Waals surface area (Å²) in [4.78, 5) is 12.6. The fraction of sp³-hybridized carbons (Fsp3) is 0.381. The van der Waals surface area contributed by atoms with Gasteiger partial charge in [-0.1, -0.05) is 81.2 Å². The minimum absolute atomic E-state index is 0.0463. The predicted octanol–water partition coefficient (Wildman–Crippen LogP) is 6.17. The fourth-order valence-electron chi connectivity index (χ4n) is 2.81. The summed E-state index contributed by atoms with van der Waals surface area (Å²) >= 11 is 12.3. The maximum absolute atomic E-state index is 12.6. The van der Waals surface area contributed by atoms with Crippen molar-refractivity contribution >= 4 is 29.1 Å². The molecule has 1 atom stereocenters. The van der Waals surface area contributed by atoms with Gasteiger partial charge < -0.3 is 5.32 Å². The van der Waals surface area contributed by atoms with E-state index in [2.05, 4.69) is 57.3 Å². The van der Waals surface area contributed by atoms with Crippen LogP contribution in [0.15, 0.2) is 42.5 Å². The van der Waals surface area contributed by atoms with E-state index in [-0.39, 0.29) is 24.3 Å². The molecule has 0 saturated carbocycles. The first-order valence-electron chi connectivity index (χ1n) is 8.61. The highest BCUT2D eigenvalue weighted by atomic mass is 35.5. The zero-order valence-corrected chi connectivity index (χ0v) is 16.7. The van der Waals surface area contributed by atoms with Crippen molar-refractivity contribution in [1.29, 1.82) is 0 Å². The van der Waals surface area contributed by atoms with Crippen LogP contribution in [0.2, 0.25) is 10.0 Å². The van der Waals surface area contributed by atoms with Gasteiger partial charge >= 0.3 is 0 Å². The summed E-state index contributed by atoms with van der Waals surface area (Å²) in [6, 6.07) is 13.7. The van der Waals surface area contributed by atoms with Gasteiger partial charge in [0.25, 0.3) is 0 Å². The first kappa shape index (κ1) is 19.8. The molecule has 2 aromatic rings. The Balaban J connectivity index is 2.14. The molecule has 0 aliphatic carbocycles. The summed E-state index contributed by atoms with van der Waals surface area (Å²) in [5, 5.41) is 4.17. The zero-order chi connectivity index (χ0) is 18.6. The molecule has 1 amide bonds. The first-order valence-corrected chi connectivity index (χ1v) is 9.37. The van der Waals surface area contributed by atoms with Gasteiger partial charge in [-0.3, -0.25) is 4.79 Å². The second-order valence-electron chi connectivity index (χ2n) is 6.99. The van der Waals surface area contributed by atoms with E-state index in [1.54, 1.807) is 18.2 Å². The third-order valence-corrected chi connectivity index (χ3v) is 5.05. The average molecular weight is 378 g/mol. The molecular weight excluding hydrogens is 353 g/mol. The minimum Gasteiger partial charge on any atom is -0.349 e. The van der Waals surface area contributed by atoms with Gasteiger partial charge in [-0.05, 0) is 40.7 Å². The minimum atomic E-state index is -0.0818. The van der Waals surface area contributed by atoms with Crippen molar-refractivity contribution in [1.82, 2.24) is 5.32 Å². The van der Waals surface area contributed by atoms with E-state index >= 15 is 0 Å². The van der Waals surface area contributed by atoms with Crippen LogP contribution in [-0.2, 0) is 11.2 Å². The molecule has 4 heteroatoms. The maximum Gasteiger partial charge on any atom is 0.225 e. The maximum atomic E-state index is 12.6. The Labute approximate surface area is 160 Å². The molecule has 2 rings (SSSR count). The molecule has 0 aliphatic rings. The number of benzene rings is 2. The zero-order valence-electron chi connectivity index (χ0n) is 15.1. The highest BCUT2D eigenvalue weighted by molar-refractivity contribution is 6.36. The number of halogens is 2. The standard InChI is InChI=1S/C21H25Cl2NO/c1-13(2)15-8-10-16(11-9-15)21(14(3)4)24-20(25)12-17-18(22)6-5-7-19(17)23/h5-11,13-14,21H,12H2,1-4H3,(H,24,25)/t21-/m0/s1. The van der Waals surface area contributed by atoms with Crippen molar-refractivity contribution in [2.24, 2.45) is 5.92 Å². The third kappa shape index (κ3) is 5.23. The van der Waals surface area contributed by atoms with Gasteiger partial charge in [0.15, 0.2) is 0 Å².